The molecule has 0 amide bonds. The Morgan fingerprint density at radius 3 is 2.42 bits per heavy atom. The van der Waals surface area contributed by atoms with Crippen LogP contribution in [-0.2, 0) is 19.6 Å². The molecule has 0 spiro atoms. The van der Waals surface area contributed by atoms with E-state index < -0.39 is 15.6 Å². The molecule has 1 fully saturated rings. The van der Waals surface area contributed by atoms with Crippen LogP contribution in [0.25, 0.3) is 0 Å². The molecule has 0 radical (unpaired) electrons. The first-order chi connectivity index (χ1) is 10.5. The fourth-order valence-electron chi connectivity index (χ4n) is 2.77. The lowest BCUT2D eigenvalue weighted by atomic mass is 9.99. The monoisotopic (exact) mass is 476 g/mol. The highest BCUT2D eigenvalue weighted by Gasteiger charge is 2.37. The molecule has 142 valence electrons. The van der Waals surface area contributed by atoms with Gasteiger partial charge in [0.05, 0.1) is 19.3 Å². The maximum atomic E-state index is 11.8. The second kappa shape index (κ2) is 9.18. The number of sulfonamides is 1. The maximum Gasteiger partial charge on any atom is 0.310 e. The van der Waals surface area contributed by atoms with Crippen molar-refractivity contribution < 1.29 is 17.9 Å². The number of likely N-dealkylation sites (tertiary alicyclic amines) is 1. The summed E-state index contributed by atoms with van der Waals surface area (Å²) in [5.74, 6) is 0.421. The van der Waals surface area contributed by atoms with Gasteiger partial charge in [0.2, 0.25) is 10.0 Å². The Bertz CT molecular complexity index is 565. The predicted octanol–water partition coefficient (Wildman–Crippen LogP) is 0.249. The van der Waals surface area contributed by atoms with Crippen molar-refractivity contribution in [2.24, 2.45) is 16.8 Å². The highest BCUT2D eigenvalue weighted by molar-refractivity contribution is 14.0. The Morgan fingerprint density at radius 2 is 1.96 bits per heavy atom. The van der Waals surface area contributed by atoms with Crippen molar-refractivity contribution in [3.05, 3.63) is 0 Å². The normalized spacial score (nSPS) is 22.1. The number of carbonyl (C=O) groups is 1. The van der Waals surface area contributed by atoms with E-state index in [1.807, 2.05) is 11.8 Å². The molecule has 1 rings (SSSR count). The minimum atomic E-state index is -3.29. The highest BCUT2D eigenvalue weighted by Crippen LogP contribution is 2.24. The number of esters is 1. The topological polar surface area (TPSA) is 100 Å². The van der Waals surface area contributed by atoms with Gasteiger partial charge in [-0.05, 0) is 19.8 Å². The lowest BCUT2D eigenvalue weighted by Gasteiger charge is -2.29. The number of nitrogens with zero attached hydrogens (tertiary/aromatic N) is 2. The fraction of sp³-hybridized carbons (Fsp3) is 0.857. The van der Waals surface area contributed by atoms with Crippen LogP contribution >= 0.6 is 24.0 Å². The van der Waals surface area contributed by atoms with Crippen LogP contribution in [0.5, 0.6) is 0 Å². The van der Waals surface area contributed by atoms with Crippen LogP contribution in [0.4, 0.5) is 0 Å². The third kappa shape index (κ3) is 7.09. The van der Waals surface area contributed by atoms with Gasteiger partial charge >= 0.3 is 5.97 Å². The van der Waals surface area contributed by atoms with E-state index in [1.54, 1.807) is 20.9 Å². The summed E-state index contributed by atoms with van der Waals surface area (Å²) in [6.07, 6.45) is 1.13. The number of rotatable bonds is 5. The molecule has 2 atom stereocenters. The molecule has 1 aliphatic rings. The summed E-state index contributed by atoms with van der Waals surface area (Å²) in [5, 5.41) is 3.17. The predicted molar refractivity (Wildman–Crippen MR) is 105 cm³/mol. The van der Waals surface area contributed by atoms with Gasteiger partial charge < -0.3 is 15.0 Å². The average molecular weight is 476 g/mol. The quantitative estimate of drug-likeness (QED) is 0.256. The summed E-state index contributed by atoms with van der Waals surface area (Å²) in [7, 11) is -0.237. The van der Waals surface area contributed by atoms with Gasteiger partial charge in [-0.15, -0.1) is 24.0 Å². The van der Waals surface area contributed by atoms with E-state index in [0.717, 1.165) is 6.26 Å². The van der Waals surface area contributed by atoms with Gasteiger partial charge in [0, 0.05) is 32.2 Å². The summed E-state index contributed by atoms with van der Waals surface area (Å²) < 4.78 is 30.2. The molecule has 8 nitrogen and oxygen atoms in total. The second-order valence-corrected chi connectivity index (χ2v) is 8.42. The molecule has 0 aromatic carbocycles. The number of hydrogen-bond acceptors (Lipinski definition) is 5. The molecule has 0 bridgehead atoms. The molecule has 10 heteroatoms. The summed E-state index contributed by atoms with van der Waals surface area (Å²) in [5.41, 5.74) is -0.656. The number of ether oxygens (including phenoxy) is 1. The zero-order valence-corrected chi connectivity index (χ0v) is 18.3. The third-order valence-electron chi connectivity index (χ3n) is 3.78. The molecular weight excluding hydrogens is 447 g/mol. The fourth-order valence-corrected chi connectivity index (χ4v) is 3.84. The van der Waals surface area contributed by atoms with Crippen LogP contribution in [0.3, 0.4) is 0 Å². The van der Waals surface area contributed by atoms with E-state index in [1.165, 1.54) is 7.11 Å². The molecular formula is C14H29IN4O4S. The molecule has 2 unspecified atom stereocenters. The number of aliphatic imine (C=N–C) groups is 1. The first-order valence-electron chi connectivity index (χ1n) is 7.51. The van der Waals surface area contributed by atoms with Crippen molar-refractivity contribution in [3.8, 4) is 0 Å². The average Bonchev–Trinajstić information content (AvgIpc) is 2.77. The van der Waals surface area contributed by atoms with E-state index in [4.69, 9.17) is 4.74 Å². The van der Waals surface area contributed by atoms with Crippen molar-refractivity contribution >= 4 is 45.9 Å². The van der Waals surface area contributed by atoms with Gasteiger partial charge in [0.15, 0.2) is 5.96 Å². The van der Waals surface area contributed by atoms with Crippen LogP contribution in [0.15, 0.2) is 4.99 Å². The summed E-state index contributed by atoms with van der Waals surface area (Å²) in [4.78, 5) is 18.0. The molecule has 24 heavy (non-hydrogen) atoms. The van der Waals surface area contributed by atoms with Crippen LogP contribution in [0.1, 0.15) is 20.8 Å². The van der Waals surface area contributed by atoms with Crippen LogP contribution in [-0.4, -0.2) is 70.8 Å². The molecule has 0 aromatic rings. The second-order valence-electron chi connectivity index (χ2n) is 6.67. The molecule has 1 heterocycles. The number of carbonyl (C=O) groups excluding carboxylic acids is 1. The van der Waals surface area contributed by atoms with Gasteiger partial charge in [-0.25, -0.2) is 13.1 Å². The van der Waals surface area contributed by atoms with Crippen molar-refractivity contribution in [2.75, 3.05) is 40.0 Å². The summed E-state index contributed by atoms with van der Waals surface area (Å²) in [6, 6.07) is 0. The zero-order chi connectivity index (χ0) is 17.8. The van der Waals surface area contributed by atoms with Crippen molar-refractivity contribution in [1.29, 1.82) is 0 Å². The number of methoxy groups -OCH3 is 1. The minimum absolute atomic E-state index is 0. The van der Waals surface area contributed by atoms with Gasteiger partial charge in [0.25, 0.3) is 0 Å². The molecule has 1 saturated heterocycles. The Balaban J connectivity index is 0.00000529. The van der Waals surface area contributed by atoms with E-state index in [9.17, 15) is 13.2 Å². The summed E-state index contributed by atoms with van der Waals surface area (Å²) >= 11 is 0. The number of guanidine groups is 1. The Labute approximate surface area is 161 Å². The molecule has 0 saturated carbocycles. The lowest BCUT2D eigenvalue weighted by Crippen LogP contribution is -2.53. The molecule has 2 N–H and O–H groups in total. The van der Waals surface area contributed by atoms with Crippen molar-refractivity contribution in [2.45, 2.75) is 26.3 Å². The standard InChI is InChI=1S/C14H28N4O4S.HI/c1-10-7-18(8-11(10)12(19)22-5)13(15-4)16-9-14(2,3)17-23(6,20)21;/h10-11,17H,7-9H2,1-6H3,(H,15,16);1H. The maximum absolute atomic E-state index is 11.8. The van der Waals surface area contributed by atoms with Crippen molar-refractivity contribution in [1.82, 2.24) is 14.9 Å². The Kier molecular flexibility index (Phi) is 8.94. The van der Waals surface area contributed by atoms with Crippen molar-refractivity contribution in [3.63, 3.8) is 0 Å². The lowest BCUT2D eigenvalue weighted by molar-refractivity contribution is -0.145. The smallest absolute Gasteiger partial charge is 0.310 e. The van der Waals surface area contributed by atoms with Crippen LogP contribution < -0.4 is 10.0 Å². The van der Waals surface area contributed by atoms with Crippen LogP contribution in [0, 0.1) is 11.8 Å². The SMILES string of the molecule is CN=C(NCC(C)(C)NS(C)(=O)=O)N1CC(C)C(C(=O)OC)C1.I. The first kappa shape index (κ1) is 23.4. The highest BCUT2D eigenvalue weighted by atomic mass is 127. The number of hydrogen-bond donors (Lipinski definition) is 2. The Morgan fingerprint density at radius 1 is 1.38 bits per heavy atom. The Hall–Kier alpha value is -0.620. The van der Waals surface area contributed by atoms with Gasteiger partial charge in [0.1, 0.15) is 0 Å². The molecule has 0 aromatic heterocycles. The summed E-state index contributed by atoms with van der Waals surface area (Å²) in [6.45, 7) is 7.19. The zero-order valence-electron chi connectivity index (χ0n) is 15.1. The largest absolute Gasteiger partial charge is 0.469 e. The van der Waals surface area contributed by atoms with E-state index in [0.29, 0.717) is 25.6 Å². The van der Waals surface area contributed by atoms with Gasteiger partial charge in [-0.3, -0.25) is 9.79 Å². The third-order valence-corrected chi connectivity index (χ3v) is 4.70. The molecule has 0 aliphatic carbocycles. The van der Waals surface area contributed by atoms with Gasteiger partial charge in [-0.2, -0.15) is 0 Å². The van der Waals surface area contributed by atoms with E-state index in [2.05, 4.69) is 15.0 Å². The van der Waals surface area contributed by atoms with Gasteiger partial charge in [-0.1, -0.05) is 6.92 Å². The van der Waals surface area contributed by atoms with E-state index >= 15 is 0 Å². The molecule has 1 aliphatic heterocycles. The number of halogens is 1. The first-order valence-corrected chi connectivity index (χ1v) is 9.40. The number of nitrogens with one attached hydrogen (secondary N) is 2. The minimum Gasteiger partial charge on any atom is -0.469 e. The van der Waals surface area contributed by atoms with E-state index in [-0.39, 0.29) is 41.8 Å². The van der Waals surface area contributed by atoms with Crippen LogP contribution in [0.2, 0.25) is 0 Å².